The molecule has 3 aliphatic rings. The molecule has 2 fully saturated rings. The van der Waals surface area contributed by atoms with Gasteiger partial charge in [-0.05, 0) is 35.1 Å². The van der Waals surface area contributed by atoms with Crippen molar-refractivity contribution in [3.63, 3.8) is 0 Å². The highest BCUT2D eigenvalue weighted by Gasteiger charge is 2.49. The molecule has 5 rings (SSSR count). The molecule has 1 aliphatic carbocycles. The molecule has 2 nitrogen and oxygen atoms in total. The van der Waals surface area contributed by atoms with Crippen molar-refractivity contribution in [3.8, 4) is 11.1 Å². The van der Waals surface area contributed by atoms with E-state index in [2.05, 4.69) is 48.5 Å². The molecule has 2 unspecified atom stereocenters. The van der Waals surface area contributed by atoms with E-state index in [1.54, 1.807) is 0 Å². The van der Waals surface area contributed by atoms with Crippen LogP contribution in [0.2, 0.25) is 0 Å². The summed E-state index contributed by atoms with van der Waals surface area (Å²) in [6.45, 7) is 1.83. The fourth-order valence-electron chi connectivity index (χ4n) is 4.09. The molecule has 0 N–H and O–H groups in total. The van der Waals surface area contributed by atoms with Gasteiger partial charge in [-0.1, -0.05) is 48.5 Å². The predicted octanol–water partition coefficient (Wildman–Crippen LogP) is 3.53. The molecule has 0 amide bonds. The van der Waals surface area contributed by atoms with Crippen molar-refractivity contribution < 1.29 is 9.47 Å². The second-order valence-corrected chi connectivity index (χ2v) is 6.49. The summed E-state index contributed by atoms with van der Waals surface area (Å²) in [6, 6.07) is 17.8. The highest BCUT2D eigenvalue weighted by Crippen LogP contribution is 2.55. The Balaban J connectivity index is 1.74. The summed E-state index contributed by atoms with van der Waals surface area (Å²) >= 11 is 0. The maximum Gasteiger partial charge on any atom is 0.0821 e. The van der Waals surface area contributed by atoms with Crippen LogP contribution in [0.15, 0.2) is 48.5 Å². The largest absolute Gasteiger partial charge is 0.373 e. The maximum absolute atomic E-state index is 5.59. The minimum atomic E-state index is 0.0789. The summed E-state index contributed by atoms with van der Waals surface area (Å²) in [5.41, 5.74) is 5.81. The third-order valence-corrected chi connectivity index (χ3v) is 5.13. The summed E-state index contributed by atoms with van der Waals surface area (Å²) in [5, 5.41) is 0. The molecule has 2 aliphatic heterocycles. The van der Waals surface area contributed by atoms with Crippen molar-refractivity contribution in [2.75, 3.05) is 13.2 Å². The maximum atomic E-state index is 5.59. The highest BCUT2D eigenvalue weighted by atomic mass is 16.6. The van der Waals surface area contributed by atoms with Gasteiger partial charge in [-0.2, -0.15) is 0 Å². The minimum Gasteiger partial charge on any atom is -0.373 e. The summed E-state index contributed by atoms with van der Waals surface area (Å²) in [7, 11) is 0. The topological polar surface area (TPSA) is 25.1 Å². The Morgan fingerprint density at radius 3 is 1.62 bits per heavy atom. The van der Waals surface area contributed by atoms with Crippen LogP contribution < -0.4 is 0 Å². The van der Waals surface area contributed by atoms with Crippen molar-refractivity contribution in [1.29, 1.82) is 0 Å². The van der Waals surface area contributed by atoms with Gasteiger partial charge < -0.3 is 9.47 Å². The van der Waals surface area contributed by atoms with Crippen molar-refractivity contribution >= 4 is 0 Å². The number of hydrogen-bond acceptors (Lipinski definition) is 2. The number of epoxide rings is 2. The van der Waals surface area contributed by atoms with Crippen LogP contribution in [0.3, 0.4) is 0 Å². The summed E-state index contributed by atoms with van der Waals surface area (Å²) in [6.07, 6.45) is 3.01. The minimum absolute atomic E-state index is 0.0789. The number of fused-ring (bicyclic) bond motifs is 3. The van der Waals surface area contributed by atoms with Crippen LogP contribution in [0.1, 0.15) is 24.0 Å². The van der Waals surface area contributed by atoms with Gasteiger partial charge >= 0.3 is 0 Å². The lowest BCUT2D eigenvalue weighted by Gasteiger charge is -2.31. The van der Waals surface area contributed by atoms with Gasteiger partial charge in [0.1, 0.15) is 0 Å². The molecule has 21 heavy (non-hydrogen) atoms. The molecule has 2 aromatic rings. The Kier molecular flexibility index (Phi) is 2.38. The van der Waals surface area contributed by atoms with Gasteiger partial charge in [-0.3, -0.25) is 0 Å². The highest BCUT2D eigenvalue weighted by molar-refractivity contribution is 5.81. The van der Waals surface area contributed by atoms with Gasteiger partial charge in [0.2, 0.25) is 0 Å². The van der Waals surface area contributed by atoms with Gasteiger partial charge in [0.15, 0.2) is 0 Å². The lowest BCUT2D eigenvalue weighted by Crippen LogP contribution is -2.29. The number of ether oxygens (including phenoxy) is 2. The van der Waals surface area contributed by atoms with Gasteiger partial charge in [-0.25, -0.2) is 0 Å². The smallest absolute Gasteiger partial charge is 0.0821 e. The molecular weight excluding hydrogens is 260 g/mol. The Hall–Kier alpha value is -1.64. The molecule has 0 radical (unpaired) electrons. The zero-order valence-electron chi connectivity index (χ0n) is 11.9. The van der Waals surface area contributed by atoms with Crippen LogP contribution in [0.5, 0.6) is 0 Å². The Labute approximate surface area is 124 Å². The molecule has 0 saturated carbocycles. The number of hydrogen-bond donors (Lipinski definition) is 0. The summed E-state index contributed by atoms with van der Waals surface area (Å²) in [5.74, 6) is 0. The first-order valence-corrected chi connectivity index (χ1v) is 7.79. The first kappa shape index (κ1) is 12.0. The van der Waals surface area contributed by atoms with Crippen LogP contribution in [-0.2, 0) is 14.9 Å². The SMILES string of the molecule is c1ccc2c(c1)-c1ccccc1C2(CC1CO1)CC1CO1. The second-order valence-electron chi connectivity index (χ2n) is 6.49. The van der Waals surface area contributed by atoms with Gasteiger partial charge in [0.25, 0.3) is 0 Å². The molecule has 2 aromatic carbocycles. The molecule has 106 valence electrons. The lowest BCUT2D eigenvalue weighted by atomic mass is 9.71. The third-order valence-electron chi connectivity index (χ3n) is 5.13. The first-order chi connectivity index (χ1) is 10.4. The van der Waals surface area contributed by atoms with Crippen LogP contribution >= 0.6 is 0 Å². The fourth-order valence-corrected chi connectivity index (χ4v) is 4.09. The van der Waals surface area contributed by atoms with E-state index in [0.29, 0.717) is 12.2 Å². The molecule has 0 bridgehead atoms. The average molecular weight is 278 g/mol. The van der Waals surface area contributed by atoms with E-state index in [-0.39, 0.29) is 5.41 Å². The van der Waals surface area contributed by atoms with E-state index in [4.69, 9.17) is 9.47 Å². The predicted molar refractivity (Wildman–Crippen MR) is 81.4 cm³/mol. The molecule has 2 heteroatoms. The molecule has 0 aromatic heterocycles. The zero-order valence-corrected chi connectivity index (χ0v) is 11.9. The van der Waals surface area contributed by atoms with E-state index in [0.717, 1.165) is 26.1 Å². The van der Waals surface area contributed by atoms with Crippen LogP contribution in [-0.4, -0.2) is 25.4 Å². The normalized spacial score (nSPS) is 27.0. The van der Waals surface area contributed by atoms with Crippen LogP contribution in [0.25, 0.3) is 11.1 Å². The average Bonchev–Trinajstić information content (AvgIpc) is 3.43. The Bertz CT molecular complexity index is 637. The van der Waals surface area contributed by atoms with E-state index in [1.807, 2.05) is 0 Å². The van der Waals surface area contributed by atoms with Crippen LogP contribution in [0, 0.1) is 0 Å². The fraction of sp³-hybridized carbons (Fsp3) is 0.368. The quantitative estimate of drug-likeness (QED) is 0.799. The van der Waals surface area contributed by atoms with E-state index < -0.39 is 0 Å². The summed E-state index contributed by atoms with van der Waals surface area (Å²) < 4.78 is 11.2. The lowest BCUT2D eigenvalue weighted by molar-refractivity contribution is 0.303. The van der Waals surface area contributed by atoms with Gasteiger partial charge in [0, 0.05) is 5.41 Å². The molecule has 2 heterocycles. The molecular formula is C19H18O2. The van der Waals surface area contributed by atoms with Crippen molar-refractivity contribution in [2.24, 2.45) is 0 Å². The Morgan fingerprint density at radius 1 is 0.762 bits per heavy atom. The summed E-state index contributed by atoms with van der Waals surface area (Å²) in [4.78, 5) is 0. The van der Waals surface area contributed by atoms with E-state index in [9.17, 15) is 0 Å². The number of benzene rings is 2. The molecule has 2 atom stereocenters. The standard InChI is InChI=1S/C19H18O2/c1-3-7-17-15(5-1)16-6-2-4-8-18(16)19(17,9-13-11-20-13)10-14-12-21-14/h1-8,13-14H,9-12H2. The van der Waals surface area contributed by atoms with Crippen LogP contribution in [0.4, 0.5) is 0 Å². The van der Waals surface area contributed by atoms with Crippen molar-refractivity contribution in [2.45, 2.75) is 30.5 Å². The van der Waals surface area contributed by atoms with Gasteiger partial charge in [0.05, 0.1) is 25.4 Å². The second kappa shape index (κ2) is 4.19. The van der Waals surface area contributed by atoms with E-state index in [1.165, 1.54) is 22.3 Å². The van der Waals surface area contributed by atoms with Gasteiger partial charge in [-0.15, -0.1) is 0 Å². The Morgan fingerprint density at radius 2 is 1.19 bits per heavy atom. The molecule has 0 spiro atoms. The molecule has 2 saturated heterocycles. The van der Waals surface area contributed by atoms with Crippen molar-refractivity contribution in [3.05, 3.63) is 59.7 Å². The zero-order chi connectivity index (χ0) is 13.9. The van der Waals surface area contributed by atoms with Crippen molar-refractivity contribution in [1.82, 2.24) is 0 Å². The first-order valence-electron chi connectivity index (χ1n) is 7.79. The monoisotopic (exact) mass is 278 g/mol. The number of rotatable bonds is 4. The van der Waals surface area contributed by atoms with E-state index >= 15 is 0 Å². The third kappa shape index (κ3) is 1.79.